The van der Waals surface area contributed by atoms with Crippen molar-refractivity contribution in [1.82, 2.24) is 20.4 Å². The number of likely N-dealkylation sites (tertiary alicyclic amines) is 1. The summed E-state index contributed by atoms with van der Waals surface area (Å²) in [5, 5.41) is 7.09. The summed E-state index contributed by atoms with van der Waals surface area (Å²) in [6, 6.07) is 0.622. The van der Waals surface area contributed by atoms with Gasteiger partial charge in [0.2, 0.25) is 5.89 Å². The Morgan fingerprint density at radius 2 is 2.53 bits per heavy atom. The molecule has 0 bridgehead atoms. The minimum Gasteiger partial charge on any atom is -0.338 e. The maximum Gasteiger partial charge on any atom is 0.240 e. The van der Waals surface area contributed by atoms with E-state index in [9.17, 15) is 0 Å². The zero-order chi connectivity index (χ0) is 10.3. The van der Waals surface area contributed by atoms with E-state index in [1.54, 1.807) is 0 Å². The Labute approximate surface area is 88.8 Å². The molecule has 2 aliphatic rings. The fourth-order valence-electron chi connectivity index (χ4n) is 2.90. The first-order chi connectivity index (χ1) is 7.34. The largest absolute Gasteiger partial charge is 0.338 e. The summed E-state index contributed by atoms with van der Waals surface area (Å²) in [5.41, 5.74) is 0. The molecule has 1 N–H and O–H groups in total. The third-order valence-electron chi connectivity index (χ3n) is 3.80. The van der Waals surface area contributed by atoms with Crippen LogP contribution in [0.25, 0.3) is 0 Å². The molecule has 82 valence electrons. The van der Waals surface area contributed by atoms with Gasteiger partial charge < -0.3 is 9.84 Å². The Morgan fingerprint density at radius 1 is 1.60 bits per heavy atom. The molecule has 3 rings (SSSR count). The lowest BCUT2D eigenvalue weighted by Crippen LogP contribution is -2.32. The zero-order valence-corrected chi connectivity index (χ0v) is 8.89. The monoisotopic (exact) mass is 208 g/mol. The molecule has 1 aromatic rings. The Balaban J connectivity index is 1.68. The molecule has 3 heterocycles. The lowest BCUT2D eigenvalue weighted by molar-refractivity contribution is 0.201. The first kappa shape index (κ1) is 9.30. The summed E-state index contributed by atoms with van der Waals surface area (Å²) in [7, 11) is 0. The number of rotatable bonds is 2. The molecule has 3 atom stereocenters. The average Bonchev–Trinajstić information content (AvgIpc) is 2.89. The summed E-state index contributed by atoms with van der Waals surface area (Å²) in [5.74, 6) is 2.34. The molecule has 5 nitrogen and oxygen atoms in total. The van der Waals surface area contributed by atoms with Gasteiger partial charge in [-0.1, -0.05) is 5.16 Å². The van der Waals surface area contributed by atoms with E-state index in [1.165, 1.54) is 6.33 Å². The van der Waals surface area contributed by atoms with Crippen LogP contribution in [-0.2, 0) is 6.54 Å². The van der Waals surface area contributed by atoms with Crippen molar-refractivity contribution in [3.63, 3.8) is 0 Å². The maximum atomic E-state index is 5.05. The van der Waals surface area contributed by atoms with Crippen LogP contribution in [0.15, 0.2) is 10.9 Å². The van der Waals surface area contributed by atoms with E-state index in [1.807, 2.05) is 0 Å². The molecule has 0 amide bonds. The predicted octanol–water partition coefficient (Wildman–Crippen LogP) is 0.109. The molecule has 0 aliphatic carbocycles. The first-order valence-electron chi connectivity index (χ1n) is 5.55. The summed E-state index contributed by atoms with van der Waals surface area (Å²) >= 11 is 0. The molecule has 2 saturated heterocycles. The molecule has 0 radical (unpaired) electrons. The zero-order valence-electron chi connectivity index (χ0n) is 8.89. The molecule has 5 heteroatoms. The van der Waals surface area contributed by atoms with Gasteiger partial charge in [-0.05, 0) is 31.8 Å². The smallest absolute Gasteiger partial charge is 0.240 e. The summed E-state index contributed by atoms with van der Waals surface area (Å²) in [6.07, 6.45) is 1.47. The van der Waals surface area contributed by atoms with E-state index < -0.39 is 0 Å². The van der Waals surface area contributed by atoms with Crippen molar-refractivity contribution in [3.8, 4) is 0 Å². The van der Waals surface area contributed by atoms with Crippen molar-refractivity contribution < 1.29 is 4.52 Å². The molecule has 2 aliphatic heterocycles. The maximum absolute atomic E-state index is 5.05. The van der Waals surface area contributed by atoms with Gasteiger partial charge in [-0.3, -0.25) is 4.90 Å². The first-order valence-corrected chi connectivity index (χ1v) is 5.55. The number of nitrogens with zero attached hydrogens (tertiary/aromatic N) is 3. The van der Waals surface area contributed by atoms with Crippen LogP contribution in [0.2, 0.25) is 0 Å². The second-order valence-corrected chi connectivity index (χ2v) is 4.59. The molecular weight excluding hydrogens is 192 g/mol. The van der Waals surface area contributed by atoms with Gasteiger partial charge in [-0.2, -0.15) is 4.98 Å². The third kappa shape index (κ3) is 1.55. The van der Waals surface area contributed by atoms with Crippen molar-refractivity contribution in [2.75, 3.05) is 19.6 Å². The van der Waals surface area contributed by atoms with E-state index in [4.69, 9.17) is 4.52 Å². The van der Waals surface area contributed by atoms with Gasteiger partial charge in [-0.15, -0.1) is 0 Å². The van der Waals surface area contributed by atoms with Crippen LogP contribution >= 0.6 is 0 Å². The molecule has 1 aromatic heterocycles. The lowest BCUT2D eigenvalue weighted by Gasteiger charge is -2.22. The molecular formula is C10H16N4O. The van der Waals surface area contributed by atoms with Gasteiger partial charge in [0, 0.05) is 12.6 Å². The van der Waals surface area contributed by atoms with E-state index in [0.717, 1.165) is 43.9 Å². The van der Waals surface area contributed by atoms with Crippen molar-refractivity contribution in [3.05, 3.63) is 12.2 Å². The Morgan fingerprint density at radius 3 is 3.27 bits per heavy atom. The Kier molecular flexibility index (Phi) is 2.21. The molecule has 0 spiro atoms. The van der Waals surface area contributed by atoms with Gasteiger partial charge in [0.05, 0.1) is 6.54 Å². The van der Waals surface area contributed by atoms with Crippen LogP contribution in [-0.4, -0.2) is 40.7 Å². The number of hydrogen-bond acceptors (Lipinski definition) is 5. The number of fused-ring (bicyclic) bond motifs is 1. The van der Waals surface area contributed by atoms with Gasteiger partial charge in [-0.25, -0.2) is 0 Å². The van der Waals surface area contributed by atoms with Gasteiger partial charge in [0.15, 0.2) is 6.33 Å². The van der Waals surface area contributed by atoms with Crippen LogP contribution in [0.5, 0.6) is 0 Å². The van der Waals surface area contributed by atoms with Crippen molar-refractivity contribution >= 4 is 0 Å². The van der Waals surface area contributed by atoms with E-state index in [-0.39, 0.29) is 0 Å². The SMILES string of the molecule is CC1C2CNCC2CN1Cc1ncno1. The fourth-order valence-corrected chi connectivity index (χ4v) is 2.90. The number of hydrogen-bond donors (Lipinski definition) is 1. The summed E-state index contributed by atoms with van der Waals surface area (Å²) < 4.78 is 5.05. The number of aromatic nitrogens is 2. The fraction of sp³-hybridized carbons (Fsp3) is 0.800. The quantitative estimate of drug-likeness (QED) is 0.747. The Bertz CT molecular complexity index is 326. The van der Waals surface area contributed by atoms with Crippen LogP contribution in [0.3, 0.4) is 0 Å². The predicted molar refractivity (Wildman–Crippen MR) is 54.0 cm³/mol. The van der Waals surface area contributed by atoms with Gasteiger partial charge in [0.1, 0.15) is 0 Å². The molecule has 0 saturated carbocycles. The van der Waals surface area contributed by atoms with Crippen LogP contribution in [0.4, 0.5) is 0 Å². The normalized spacial score (nSPS) is 35.9. The molecule has 15 heavy (non-hydrogen) atoms. The minimum absolute atomic E-state index is 0.622. The van der Waals surface area contributed by atoms with Gasteiger partial charge >= 0.3 is 0 Å². The van der Waals surface area contributed by atoms with Gasteiger partial charge in [0.25, 0.3) is 0 Å². The highest BCUT2D eigenvalue weighted by molar-refractivity contribution is 4.97. The van der Waals surface area contributed by atoms with Crippen LogP contribution < -0.4 is 5.32 Å². The average molecular weight is 208 g/mol. The summed E-state index contributed by atoms with van der Waals surface area (Å²) in [4.78, 5) is 6.52. The molecule has 0 aromatic carbocycles. The molecule has 2 fully saturated rings. The van der Waals surface area contributed by atoms with E-state index >= 15 is 0 Å². The topological polar surface area (TPSA) is 54.2 Å². The summed E-state index contributed by atoms with van der Waals surface area (Å²) in [6.45, 7) is 6.57. The lowest BCUT2D eigenvalue weighted by atomic mass is 9.95. The second-order valence-electron chi connectivity index (χ2n) is 4.59. The van der Waals surface area contributed by atoms with Crippen LogP contribution in [0, 0.1) is 11.8 Å². The highest BCUT2D eigenvalue weighted by Crippen LogP contribution is 2.32. The number of nitrogens with one attached hydrogen (secondary N) is 1. The van der Waals surface area contributed by atoms with E-state index in [2.05, 4.69) is 27.3 Å². The molecule has 3 unspecified atom stereocenters. The Hall–Kier alpha value is -0.940. The highest BCUT2D eigenvalue weighted by Gasteiger charge is 2.41. The standard InChI is InChI=1S/C10H16N4O/c1-7-9-3-11-2-8(9)4-14(7)5-10-12-6-13-15-10/h6-9,11H,2-5H2,1H3. The second kappa shape index (κ2) is 3.57. The van der Waals surface area contributed by atoms with Crippen molar-refractivity contribution in [2.24, 2.45) is 11.8 Å². The minimum atomic E-state index is 0.622. The third-order valence-corrected chi connectivity index (χ3v) is 3.80. The highest BCUT2D eigenvalue weighted by atomic mass is 16.5. The van der Waals surface area contributed by atoms with Crippen molar-refractivity contribution in [2.45, 2.75) is 19.5 Å². The van der Waals surface area contributed by atoms with Crippen molar-refractivity contribution in [1.29, 1.82) is 0 Å². The van der Waals surface area contributed by atoms with E-state index in [0.29, 0.717) is 6.04 Å². The van der Waals surface area contributed by atoms with Crippen LogP contribution in [0.1, 0.15) is 12.8 Å².